The summed E-state index contributed by atoms with van der Waals surface area (Å²) in [7, 11) is 1.65. The Morgan fingerprint density at radius 1 is 1.28 bits per heavy atom. The van der Waals surface area contributed by atoms with Crippen molar-refractivity contribution in [3.63, 3.8) is 0 Å². The van der Waals surface area contributed by atoms with Gasteiger partial charge in [0.2, 0.25) is 0 Å². The highest BCUT2D eigenvalue weighted by Gasteiger charge is 2.34. The minimum absolute atomic E-state index is 0.397. The van der Waals surface area contributed by atoms with E-state index in [-0.39, 0.29) is 0 Å². The fourth-order valence-electron chi connectivity index (χ4n) is 1.44. The predicted molar refractivity (Wildman–Crippen MR) is 72.7 cm³/mol. The molecule has 102 valence electrons. The van der Waals surface area contributed by atoms with Crippen molar-refractivity contribution in [2.75, 3.05) is 7.11 Å². The van der Waals surface area contributed by atoms with Gasteiger partial charge in [-0.2, -0.15) is 0 Å². The molecule has 4 heteroatoms. The SMILES string of the molecule is COc1cc(C)nc(CNC(C)(C)C(C)(C)O)c1. The van der Waals surface area contributed by atoms with Gasteiger partial charge in [-0.05, 0) is 34.6 Å². The molecule has 2 N–H and O–H groups in total. The molecule has 0 aliphatic carbocycles. The van der Waals surface area contributed by atoms with Gasteiger partial charge in [0.25, 0.3) is 0 Å². The van der Waals surface area contributed by atoms with Gasteiger partial charge in [-0.3, -0.25) is 4.98 Å². The highest BCUT2D eigenvalue weighted by atomic mass is 16.5. The summed E-state index contributed by atoms with van der Waals surface area (Å²) >= 11 is 0. The molecule has 0 saturated carbocycles. The van der Waals surface area contributed by atoms with E-state index < -0.39 is 11.1 Å². The molecule has 0 radical (unpaired) electrons. The lowest BCUT2D eigenvalue weighted by atomic mass is 9.86. The van der Waals surface area contributed by atoms with Gasteiger partial charge in [-0.1, -0.05) is 0 Å². The third-order valence-corrected chi connectivity index (χ3v) is 3.46. The summed E-state index contributed by atoms with van der Waals surface area (Å²) < 4.78 is 5.22. The first-order chi connectivity index (χ1) is 8.15. The monoisotopic (exact) mass is 252 g/mol. The smallest absolute Gasteiger partial charge is 0.122 e. The summed E-state index contributed by atoms with van der Waals surface area (Å²) in [6.45, 7) is 10.1. The molecule has 1 aromatic rings. The van der Waals surface area contributed by atoms with Crippen LogP contribution in [-0.4, -0.2) is 28.3 Å². The molecule has 0 saturated heterocycles. The number of aliphatic hydroxyl groups is 1. The molecule has 1 aromatic heterocycles. The molecule has 0 amide bonds. The van der Waals surface area contributed by atoms with Crippen molar-refractivity contribution < 1.29 is 9.84 Å². The molecule has 0 aliphatic rings. The van der Waals surface area contributed by atoms with Crippen LogP contribution >= 0.6 is 0 Å². The number of aromatic nitrogens is 1. The van der Waals surface area contributed by atoms with Crippen molar-refractivity contribution >= 4 is 0 Å². The third kappa shape index (κ3) is 3.68. The molecule has 0 unspecified atom stereocenters. The Kier molecular flexibility index (Phi) is 4.35. The maximum absolute atomic E-state index is 10.1. The molecular formula is C14H24N2O2. The van der Waals surface area contributed by atoms with Gasteiger partial charge in [0.05, 0.1) is 18.4 Å². The van der Waals surface area contributed by atoms with Crippen LogP contribution in [-0.2, 0) is 6.54 Å². The van der Waals surface area contributed by atoms with Gasteiger partial charge in [0, 0.05) is 29.9 Å². The van der Waals surface area contributed by atoms with Crippen LogP contribution in [0.5, 0.6) is 5.75 Å². The van der Waals surface area contributed by atoms with E-state index >= 15 is 0 Å². The van der Waals surface area contributed by atoms with Crippen LogP contribution in [0, 0.1) is 6.92 Å². The van der Waals surface area contributed by atoms with Crippen molar-refractivity contribution in [2.45, 2.75) is 52.3 Å². The van der Waals surface area contributed by atoms with Crippen LogP contribution in [0.25, 0.3) is 0 Å². The van der Waals surface area contributed by atoms with E-state index in [1.165, 1.54) is 0 Å². The minimum atomic E-state index is -0.805. The van der Waals surface area contributed by atoms with E-state index in [0.717, 1.165) is 17.1 Å². The highest BCUT2D eigenvalue weighted by molar-refractivity contribution is 5.26. The minimum Gasteiger partial charge on any atom is -0.497 e. The molecule has 0 spiro atoms. The van der Waals surface area contributed by atoms with Gasteiger partial charge in [0.1, 0.15) is 5.75 Å². The Balaban J connectivity index is 2.78. The average Bonchev–Trinajstić information content (AvgIpc) is 2.24. The number of hydrogen-bond acceptors (Lipinski definition) is 4. The lowest BCUT2D eigenvalue weighted by Crippen LogP contribution is -2.55. The first kappa shape index (κ1) is 14.9. The molecule has 0 bridgehead atoms. The number of hydrogen-bond donors (Lipinski definition) is 2. The van der Waals surface area contributed by atoms with Gasteiger partial charge >= 0.3 is 0 Å². The molecule has 0 fully saturated rings. The Labute approximate surface area is 109 Å². The zero-order valence-corrected chi connectivity index (χ0v) is 12.2. The molecule has 18 heavy (non-hydrogen) atoms. The molecule has 1 rings (SSSR count). The number of pyridine rings is 1. The van der Waals surface area contributed by atoms with E-state index in [9.17, 15) is 5.11 Å². The number of rotatable bonds is 5. The molecule has 1 heterocycles. The average molecular weight is 252 g/mol. The topological polar surface area (TPSA) is 54.4 Å². The van der Waals surface area contributed by atoms with E-state index in [2.05, 4.69) is 10.3 Å². The Morgan fingerprint density at radius 3 is 2.39 bits per heavy atom. The highest BCUT2D eigenvalue weighted by Crippen LogP contribution is 2.21. The number of nitrogens with zero attached hydrogens (tertiary/aromatic N) is 1. The van der Waals surface area contributed by atoms with Crippen molar-refractivity contribution in [1.29, 1.82) is 0 Å². The fraction of sp³-hybridized carbons (Fsp3) is 0.643. The van der Waals surface area contributed by atoms with Crippen LogP contribution in [0.15, 0.2) is 12.1 Å². The van der Waals surface area contributed by atoms with Crippen molar-refractivity contribution in [3.8, 4) is 5.75 Å². The number of ether oxygens (including phenoxy) is 1. The van der Waals surface area contributed by atoms with Gasteiger partial charge < -0.3 is 15.2 Å². The van der Waals surface area contributed by atoms with E-state index in [1.54, 1.807) is 21.0 Å². The molecule has 0 aliphatic heterocycles. The largest absolute Gasteiger partial charge is 0.497 e. The fourth-order valence-corrected chi connectivity index (χ4v) is 1.44. The Morgan fingerprint density at radius 2 is 1.89 bits per heavy atom. The lowest BCUT2D eigenvalue weighted by molar-refractivity contribution is -0.00546. The number of aryl methyl sites for hydroxylation is 1. The molecule has 0 atom stereocenters. The predicted octanol–water partition coefficient (Wildman–Crippen LogP) is 2.04. The summed E-state index contributed by atoms with van der Waals surface area (Å²) in [6.07, 6.45) is 0. The van der Waals surface area contributed by atoms with Gasteiger partial charge in [-0.15, -0.1) is 0 Å². The maximum Gasteiger partial charge on any atom is 0.122 e. The van der Waals surface area contributed by atoms with Crippen LogP contribution in [0.2, 0.25) is 0 Å². The Bertz CT molecular complexity index is 409. The summed E-state index contributed by atoms with van der Waals surface area (Å²) in [5, 5.41) is 13.4. The second kappa shape index (κ2) is 5.24. The third-order valence-electron chi connectivity index (χ3n) is 3.46. The second-order valence-electron chi connectivity index (χ2n) is 5.68. The number of methoxy groups -OCH3 is 1. The van der Waals surface area contributed by atoms with Crippen molar-refractivity contribution in [2.24, 2.45) is 0 Å². The Hall–Kier alpha value is -1.13. The van der Waals surface area contributed by atoms with Crippen LogP contribution in [0.3, 0.4) is 0 Å². The van der Waals surface area contributed by atoms with Crippen LogP contribution < -0.4 is 10.1 Å². The van der Waals surface area contributed by atoms with Crippen molar-refractivity contribution in [1.82, 2.24) is 10.3 Å². The lowest BCUT2D eigenvalue weighted by Gasteiger charge is -2.38. The van der Waals surface area contributed by atoms with Crippen LogP contribution in [0.4, 0.5) is 0 Å². The standard InChI is InChI=1S/C14H24N2O2/c1-10-7-12(18-6)8-11(16-10)9-15-13(2,3)14(4,5)17/h7-8,15,17H,9H2,1-6H3. The summed E-state index contributed by atoms with van der Waals surface area (Å²) in [6, 6.07) is 3.80. The van der Waals surface area contributed by atoms with Crippen LogP contribution in [0.1, 0.15) is 39.1 Å². The van der Waals surface area contributed by atoms with E-state index in [4.69, 9.17) is 4.74 Å². The van der Waals surface area contributed by atoms with Gasteiger partial charge in [0.15, 0.2) is 0 Å². The molecular weight excluding hydrogens is 228 g/mol. The van der Waals surface area contributed by atoms with E-state index in [1.807, 2.05) is 32.9 Å². The zero-order chi connectivity index (χ0) is 14.0. The quantitative estimate of drug-likeness (QED) is 0.842. The molecule has 4 nitrogen and oxygen atoms in total. The second-order valence-corrected chi connectivity index (χ2v) is 5.68. The summed E-state index contributed by atoms with van der Waals surface area (Å²) in [4.78, 5) is 4.44. The zero-order valence-electron chi connectivity index (χ0n) is 12.2. The molecule has 0 aromatic carbocycles. The first-order valence-electron chi connectivity index (χ1n) is 6.15. The van der Waals surface area contributed by atoms with E-state index in [0.29, 0.717) is 6.54 Å². The van der Waals surface area contributed by atoms with Gasteiger partial charge in [-0.25, -0.2) is 0 Å². The maximum atomic E-state index is 10.1. The first-order valence-corrected chi connectivity index (χ1v) is 6.15. The summed E-state index contributed by atoms with van der Waals surface area (Å²) in [5.41, 5.74) is 0.628. The van der Waals surface area contributed by atoms with Crippen molar-refractivity contribution in [3.05, 3.63) is 23.5 Å². The number of nitrogens with one attached hydrogen (secondary N) is 1. The summed E-state index contributed by atoms with van der Waals surface area (Å²) in [5.74, 6) is 0.806. The normalized spacial score (nSPS) is 12.6.